The highest BCUT2D eigenvalue weighted by Gasteiger charge is 2.11. The number of hydrogen-bond acceptors (Lipinski definition) is 4. The lowest BCUT2D eigenvalue weighted by atomic mass is 10.1. The van der Waals surface area contributed by atoms with Crippen molar-refractivity contribution < 1.29 is 13.2 Å². The van der Waals surface area contributed by atoms with Crippen LogP contribution in [0.15, 0.2) is 77.7 Å². The van der Waals surface area contributed by atoms with E-state index in [2.05, 4.69) is 27.8 Å². The molecule has 0 bridgehead atoms. The number of hydrogen-bond donors (Lipinski definition) is 4. The quantitative estimate of drug-likeness (QED) is 0.336. The molecule has 0 amide bonds. The minimum Gasteiger partial charge on any atom is -0.495 e. The third-order valence-corrected chi connectivity index (χ3v) is 5.86. The number of para-hydroxylation sites is 1. The second-order valence-corrected chi connectivity index (χ2v) is 8.80. The third kappa shape index (κ3) is 4.69. The summed E-state index contributed by atoms with van der Waals surface area (Å²) < 4.78 is 28.2. The first-order chi connectivity index (χ1) is 14.8. The summed E-state index contributed by atoms with van der Waals surface area (Å²) in [6.07, 6.45) is 0. The van der Waals surface area contributed by atoms with Crippen LogP contribution in [0.3, 0.4) is 0 Å². The van der Waals surface area contributed by atoms with E-state index in [1.807, 2.05) is 36.4 Å². The van der Waals surface area contributed by atoms with Crippen LogP contribution in [-0.2, 0) is 10.0 Å². The molecule has 0 saturated carbocycles. The number of methoxy groups -OCH3 is 1. The Labute approximate surface area is 185 Å². The minimum atomic E-state index is -3.74. The summed E-state index contributed by atoms with van der Waals surface area (Å²) >= 11 is 5.42. The Kier molecular flexibility index (Phi) is 5.64. The average molecular weight is 453 g/mol. The maximum absolute atomic E-state index is 11.4. The third-order valence-electron chi connectivity index (χ3n) is 4.73. The van der Waals surface area contributed by atoms with Crippen molar-refractivity contribution in [2.24, 2.45) is 5.14 Å². The molecule has 0 aliphatic carbocycles. The molecule has 0 fully saturated rings. The number of benzene rings is 3. The molecular weight excluding hydrogens is 432 g/mol. The second kappa shape index (κ2) is 8.38. The van der Waals surface area contributed by atoms with Crippen molar-refractivity contribution in [1.29, 1.82) is 0 Å². The zero-order valence-electron chi connectivity index (χ0n) is 16.5. The van der Waals surface area contributed by atoms with E-state index < -0.39 is 10.0 Å². The fraction of sp³-hybridized carbons (Fsp3) is 0.0455. The fourth-order valence-electron chi connectivity index (χ4n) is 3.21. The Balaban J connectivity index is 1.55. The fourth-order valence-corrected chi connectivity index (χ4v) is 3.96. The van der Waals surface area contributed by atoms with Gasteiger partial charge >= 0.3 is 0 Å². The van der Waals surface area contributed by atoms with Gasteiger partial charge in [-0.05, 0) is 66.8 Å². The van der Waals surface area contributed by atoms with Gasteiger partial charge in [-0.15, -0.1) is 0 Å². The molecule has 7 nitrogen and oxygen atoms in total. The first-order valence-corrected chi connectivity index (χ1v) is 11.3. The molecule has 0 unspecified atom stereocenters. The molecule has 0 radical (unpaired) electrons. The zero-order chi connectivity index (χ0) is 22.0. The predicted molar refractivity (Wildman–Crippen MR) is 128 cm³/mol. The van der Waals surface area contributed by atoms with Gasteiger partial charge in [0.25, 0.3) is 0 Å². The highest BCUT2D eigenvalue weighted by Crippen LogP contribution is 2.32. The molecule has 3 aromatic carbocycles. The molecular formula is C22H20N4O3S2. The van der Waals surface area contributed by atoms with Crippen LogP contribution in [-0.4, -0.2) is 25.6 Å². The first kappa shape index (κ1) is 20.9. The Hall–Kier alpha value is -3.40. The number of rotatable bonds is 5. The molecule has 0 aliphatic heterocycles. The average Bonchev–Trinajstić information content (AvgIpc) is 3.18. The Morgan fingerprint density at radius 1 is 1.00 bits per heavy atom. The van der Waals surface area contributed by atoms with E-state index in [0.29, 0.717) is 22.2 Å². The zero-order valence-corrected chi connectivity index (χ0v) is 18.2. The van der Waals surface area contributed by atoms with Crippen molar-refractivity contribution in [2.75, 3.05) is 17.7 Å². The van der Waals surface area contributed by atoms with Crippen molar-refractivity contribution in [2.45, 2.75) is 4.90 Å². The Bertz CT molecular complexity index is 1330. The predicted octanol–water partition coefficient (Wildman–Crippen LogP) is 4.30. The van der Waals surface area contributed by atoms with Crippen LogP contribution in [0.2, 0.25) is 0 Å². The SMILES string of the molecule is COc1ccc(-c2cc3ccccc3[nH]2)cc1NC(=S)Nc1ccc(S(N)(=O)=O)cc1. The van der Waals surface area contributed by atoms with Gasteiger partial charge < -0.3 is 20.4 Å². The number of fused-ring (bicyclic) bond motifs is 1. The molecule has 158 valence electrons. The summed E-state index contributed by atoms with van der Waals surface area (Å²) in [6.45, 7) is 0. The van der Waals surface area contributed by atoms with Crippen LogP contribution in [0.5, 0.6) is 5.75 Å². The van der Waals surface area contributed by atoms with Crippen LogP contribution in [0.4, 0.5) is 11.4 Å². The molecule has 1 heterocycles. The number of primary sulfonamides is 1. The molecule has 1 aromatic heterocycles. The van der Waals surface area contributed by atoms with Gasteiger partial charge in [0.1, 0.15) is 5.75 Å². The Morgan fingerprint density at radius 3 is 2.42 bits per heavy atom. The topological polar surface area (TPSA) is 109 Å². The highest BCUT2D eigenvalue weighted by molar-refractivity contribution is 7.89. The van der Waals surface area contributed by atoms with E-state index in [9.17, 15) is 8.42 Å². The summed E-state index contributed by atoms with van der Waals surface area (Å²) in [5, 5.41) is 12.7. The van der Waals surface area contributed by atoms with E-state index in [1.54, 1.807) is 19.2 Å². The smallest absolute Gasteiger partial charge is 0.238 e. The van der Waals surface area contributed by atoms with Gasteiger partial charge in [0, 0.05) is 27.8 Å². The molecule has 5 N–H and O–H groups in total. The van der Waals surface area contributed by atoms with Crippen molar-refractivity contribution in [1.82, 2.24) is 4.98 Å². The Morgan fingerprint density at radius 2 is 1.74 bits per heavy atom. The molecule has 31 heavy (non-hydrogen) atoms. The van der Waals surface area contributed by atoms with Gasteiger partial charge in [-0.3, -0.25) is 0 Å². The maximum atomic E-state index is 11.4. The van der Waals surface area contributed by atoms with Gasteiger partial charge in [0.2, 0.25) is 10.0 Å². The molecule has 0 spiro atoms. The highest BCUT2D eigenvalue weighted by atomic mass is 32.2. The monoisotopic (exact) mass is 452 g/mol. The van der Waals surface area contributed by atoms with Crippen LogP contribution < -0.4 is 20.5 Å². The summed E-state index contributed by atoms with van der Waals surface area (Å²) in [6, 6.07) is 22.0. The second-order valence-electron chi connectivity index (χ2n) is 6.83. The van der Waals surface area contributed by atoms with Crippen LogP contribution in [0.25, 0.3) is 22.2 Å². The standard InChI is InChI=1S/C22H20N4O3S2/c1-29-21-11-6-15(19-12-14-4-2-3-5-18(14)25-19)13-20(21)26-22(30)24-16-7-9-17(10-8-16)31(23,27)28/h2-13,25H,1H3,(H2,23,27,28)(H2,24,26,30). The lowest BCUT2D eigenvalue weighted by Gasteiger charge is -2.15. The van der Waals surface area contributed by atoms with Crippen LogP contribution in [0, 0.1) is 0 Å². The number of thiocarbonyl (C=S) groups is 1. The van der Waals surface area contributed by atoms with Gasteiger partial charge in [0.15, 0.2) is 5.11 Å². The van der Waals surface area contributed by atoms with E-state index in [-0.39, 0.29) is 4.90 Å². The molecule has 4 rings (SSSR count). The van der Waals surface area contributed by atoms with Crippen LogP contribution in [0.1, 0.15) is 0 Å². The van der Waals surface area contributed by atoms with E-state index in [1.165, 1.54) is 12.1 Å². The van der Waals surface area contributed by atoms with Gasteiger partial charge in [0.05, 0.1) is 17.7 Å². The normalized spacial score (nSPS) is 11.3. The van der Waals surface area contributed by atoms with E-state index in [0.717, 1.165) is 22.2 Å². The van der Waals surface area contributed by atoms with Crippen molar-refractivity contribution in [3.63, 3.8) is 0 Å². The molecule has 0 atom stereocenters. The van der Waals surface area contributed by atoms with Crippen molar-refractivity contribution >= 4 is 49.6 Å². The van der Waals surface area contributed by atoms with Gasteiger partial charge in [-0.2, -0.15) is 0 Å². The molecule has 0 saturated heterocycles. The molecule has 4 aromatic rings. The summed E-state index contributed by atoms with van der Waals surface area (Å²) in [5.41, 5.74) is 4.32. The van der Waals surface area contributed by atoms with Gasteiger partial charge in [-0.1, -0.05) is 18.2 Å². The number of aromatic nitrogens is 1. The minimum absolute atomic E-state index is 0.0321. The van der Waals surface area contributed by atoms with E-state index in [4.69, 9.17) is 22.1 Å². The number of aromatic amines is 1. The maximum Gasteiger partial charge on any atom is 0.238 e. The van der Waals surface area contributed by atoms with E-state index >= 15 is 0 Å². The van der Waals surface area contributed by atoms with Crippen molar-refractivity contribution in [3.05, 3.63) is 72.8 Å². The number of anilines is 2. The largest absolute Gasteiger partial charge is 0.495 e. The summed E-state index contributed by atoms with van der Waals surface area (Å²) in [5.74, 6) is 0.633. The summed E-state index contributed by atoms with van der Waals surface area (Å²) in [7, 11) is -2.15. The number of H-pyrrole nitrogens is 1. The van der Waals surface area contributed by atoms with Crippen LogP contribution >= 0.6 is 12.2 Å². The number of sulfonamides is 1. The first-order valence-electron chi connectivity index (χ1n) is 9.30. The molecule has 0 aliphatic rings. The number of nitrogens with two attached hydrogens (primary N) is 1. The number of nitrogens with one attached hydrogen (secondary N) is 3. The number of ether oxygens (including phenoxy) is 1. The lowest BCUT2D eigenvalue weighted by molar-refractivity contribution is 0.417. The van der Waals surface area contributed by atoms with Gasteiger partial charge in [-0.25, -0.2) is 13.6 Å². The van der Waals surface area contributed by atoms with Crippen molar-refractivity contribution in [3.8, 4) is 17.0 Å². The summed E-state index contributed by atoms with van der Waals surface area (Å²) in [4.78, 5) is 3.44. The molecule has 9 heteroatoms. The lowest BCUT2D eigenvalue weighted by Crippen LogP contribution is -2.19.